The van der Waals surface area contributed by atoms with Gasteiger partial charge in [-0.25, -0.2) is 0 Å². The van der Waals surface area contributed by atoms with E-state index in [9.17, 15) is 0 Å². The summed E-state index contributed by atoms with van der Waals surface area (Å²) in [6.45, 7) is 0. The van der Waals surface area contributed by atoms with Gasteiger partial charge in [0.05, 0.1) is 11.3 Å². The van der Waals surface area contributed by atoms with E-state index in [1.165, 1.54) is 0 Å². The van der Waals surface area contributed by atoms with Gasteiger partial charge in [0, 0.05) is 59.6 Å². The highest BCUT2D eigenvalue weighted by atomic mass is 32.4. The van der Waals surface area contributed by atoms with Crippen LogP contribution >= 0.6 is 6.04 Å². The Labute approximate surface area is 353 Å². The molecule has 0 aliphatic carbocycles. The first-order valence-electron chi connectivity index (χ1n) is 20.2. The lowest BCUT2D eigenvalue weighted by atomic mass is 10.0. The molecule has 0 bridgehead atoms. The van der Waals surface area contributed by atoms with E-state index in [4.69, 9.17) is 34.5 Å². The van der Waals surface area contributed by atoms with Gasteiger partial charge in [0.15, 0.2) is 0 Å². The number of ether oxygens (including phenoxy) is 2. The molecule has 3 aromatic heterocycles. The SMILES string of the molecule is S=P12c3ccc(-c4cccc5c4oc4ccccc45)cc3Oc3cc(-c4cccc5c4oc4ccccc45)cc(c31)Oc1cc(-c3cccc4c3oc3ccccc34)ccc12. The van der Waals surface area contributed by atoms with E-state index in [0.717, 1.165) is 127 Å². The van der Waals surface area contributed by atoms with Crippen molar-refractivity contribution in [1.82, 2.24) is 0 Å². The standard InChI is InChI=1S/C54H29O5PS/c61-60-49-24-22-30(33-13-7-16-39-36-10-1-4-19-42(36)57-51(33)39)26-45(49)55-47-28-32(35-15-9-18-41-38-12-3-6-21-44(38)59-53(35)41)29-48(54(47)60)56-46-27-31(23-25-50(46)60)34-14-8-17-40-37-11-2-5-20-43(37)58-52(34)40/h1-29H. The molecule has 0 N–H and O–H groups in total. The fourth-order valence-corrected chi connectivity index (χ4v) is 14.2. The molecule has 0 saturated heterocycles. The summed E-state index contributed by atoms with van der Waals surface area (Å²) in [6.07, 6.45) is 0. The lowest BCUT2D eigenvalue weighted by Gasteiger charge is -2.38. The fourth-order valence-electron chi connectivity index (χ4n) is 9.78. The van der Waals surface area contributed by atoms with Crippen molar-refractivity contribution in [3.05, 3.63) is 176 Å². The Morgan fingerprint density at radius 2 is 0.689 bits per heavy atom. The largest absolute Gasteiger partial charge is 0.456 e. The maximum absolute atomic E-state index is 7.10. The van der Waals surface area contributed by atoms with Crippen LogP contribution in [0, 0.1) is 0 Å². The molecule has 0 amide bonds. The number of benzene rings is 9. The van der Waals surface area contributed by atoms with E-state index >= 15 is 0 Å². The second-order valence-corrected chi connectivity index (χ2v) is 20.1. The molecule has 61 heavy (non-hydrogen) atoms. The van der Waals surface area contributed by atoms with Crippen molar-refractivity contribution in [3.63, 3.8) is 0 Å². The maximum Gasteiger partial charge on any atom is 0.143 e. The number of fused-ring (bicyclic) bond motifs is 13. The lowest BCUT2D eigenvalue weighted by Crippen LogP contribution is -2.35. The highest BCUT2D eigenvalue weighted by Crippen LogP contribution is 2.60. The quantitative estimate of drug-likeness (QED) is 0.166. The van der Waals surface area contributed by atoms with Crippen LogP contribution in [0.15, 0.2) is 189 Å². The van der Waals surface area contributed by atoms with Gasteiger partial charge < -0.3 is 22.7 Å². The van der Waals surface area contributed by atoms with Crippen LogP contribution < -0.4 is 25.4 Å². The molecule has 2 aliphatic heterocycles. The maximum atomic E-state index is 7.10. The van der Waals surface area contributed by atoms with E-state index in [1.54, 1.807) is 0 Å². The van der Waals surface area contributed by atoms with Crippen LogP contribution in [0.25, 0.3) is 99.2 Å². The van der Waals surface area contributed by atoms with Crippen molar-refractivity contribution in [1.29, 1.82) is 0 Å². The van der Waals surface area contributed by atoms with Crippen LogP contribution in [0.4, 0.5) is 0 Å². The minimum absolute atomic E-state index is 0.692. The first-order valence-corrected chi connectivity index (χ1v) is 23.0. The molecule has 0 fully saturated rings. The number of furan rings is 3. The minimum atomic E-state index is -2.75. The minimum Gasteiger partial charge on any atom is -0.456 e. The van der Waals surface area contributed by atoms with E-state index in [0.29, 0.717) is 11.5 Å². The van der Waals surface area contributed by atoms with Gasteiger partial charge in [0.2, 0.25) is 0 Å². The predicted octanol–water partition coefficient (Wildman–Crippen LogP) is 14.4. The van der Waals surface area contributed by atoms with Crippen LogP contribution in [-0.2, 0) is 11.8 Å². The van der Waals surface area contributed by atoms with Gasteiger partial charge in [-0.2, -0.15) is 0 Å². The Hall–Kier alpha value is -7.37. The van der Waals surface area contributed by atoms with E-state index < -0.39 is 6.04 Å². The zero-order valence-corrected chi connectivity index (χ0v) is 33.9. The highest BCUT2D eigenvalue weighted by molar-refractivity contribution is 8.26. The second kappa shape index (κ2) is 12.1. The van der Waals surface area contributed by atoms with Crippen molar-refractivity contribution in [3.8, 4) is 56.4 Å². The Morgan fingerprint density at radius 1 is 0.328 bits per heavy atom. The molecular formula is C54H29O5PS. The summed E-state index contributed by atoms with van der Waals surface area (Å²) < 4.78 is 33.6. The molecule has 286 valence electrons. The van der Waals surface area contributed by atoms with E-state index in [1.807, 2.05) is 54.6 Å². The van der Waals surface area contributed by atoms with Crippen molar-refractivity contribution in [2.75, 3.05) is 0 Å². The number of para-hydroxylation sites is 6. The lowest BCUT2D eigenvalue weighted by molar-refractivity contribution is 0.467. The molecule has 0 atom stereocenters. The Bertz CT molecular complexity index is 3750. The molecule has 0 unspecified atom stereocenters. The molecule has 9 aromatic carbocycles. The van der Waals surface area contributed by atoms with E-state index in [-0.39, 0.29) is 0 Å². The first kappa shape index (κ1) is 33.5. The Balaban J connectivity index is 0.995. The molecule has 12 aromatic rings. The summed E-state index contributed by atoms with van der Waals surface area (Å²) >= 11 is 7.10. The zero-order chi connectivity index (χ0) is 40.0. The van der Waals surface area contributed by atoms with Gasteiger partial charge in [-0.1, -0.05) is 133 Å². The highest BCUT2D eigenvalue weighted by Gasteiger charge is 2.43. The molecule has 14 rings (SSSR count). The van der Waals surface area contributed by atoms with Gasteiger partial charge in [-0.05, 0) is 71.3 Å². The molecule has 5 heterocycles. The third kappa shape index (κ3) is 4.58. The number of hydrogen-bond acceptors (Lipinski definition) is 6. The fraction of sp³-hybridized carbons (Fsp3) is 0. The normalized spacial score (nSPS) is 13.7. The molecule has 0 spiro atoms. The monoisotopic (exact) mass is 820 g/mol. The Kier molecular flexibility index (Phi) is 6.64. The summed E-state index contributed by atoms with van der Waals surface area (Å²) in [6, 6.07) is 57.8. The number of hydrogen-bond donors (Lipinski definition) is 0. The van der Waals surface area contributed by atoms with Crippen LogP contribution in [-0.4, -0.2) is 0 Å². The van der Waals surface area contributed by atoms with Crippen molar-refractivity contribution >= 4 is 99.6 Å². The average Bonchev–Trinajstić information content (AvgIpc) is 4.00. The van der Waals surface area contributed by atoms with E-state index in [2.05, 4.69) is 121 Å². The molecular weight excluding hydrogens is 792 g/mol. The Morgan fingerprint density at radius 3 is 1.11 bits per heavy atom. The van der Waals surface area contributed by atoms with Gasteiger partial charge in [0.1, 0.15) is 56.5 Å². The van der Waals surface area contributed by atoms with Gasteiger partial charge >= 0.3 is 0 Å². The topological polar surface area (TPSA) is 57.9 Å². The number of rotatable bonds is 3. The molecule has 2 aliphatic rings. The molecule has 7 heteroatoms. The van der Waals surface area contributed by atoms with Crippen LogP contribution in [0.3, 0.4) is 0 Å². The molecule has 0 radical (unpaired) electrons. The van der Waals surface area contributed by atoms with Crippen LogP contribution in [0.5, 0.6) is 23.0 Å². The third-order valence-corrected chi connectivity index (χ3v) is 17.4. The van der Waals surface area contributed by atoms with Gasteiger partial charge in [-0.3, -0.25) is 0 Å². The first-order chi connectivity index (χ1) is 30.1. The van der Waals surface area contributed by atoms with Crippen molar-refractivity contribution < 1.29 is 22.7 Å². The second-order valence-electron chi connectivity index (χ2n) is 15.8. The van der Waals surface area contributed by atoms with Crippen LogP contribution in [0.1, 0.15) is 0 Å². The zero-order valence-electron chi connectivity index (χ0n) is 32.1. The summed E-state index contributed by atoms with van der Waals surface area (Å²) in [5.41, 5.74) is 10.9. The van der Waals surface area contributed by atoms with Crippen LogP contribution in [0.2, 0.25) is 0 Å². The average molecular weight is 821 g/mol. The summed E-state index contributed by atoms with van der Waals surface area (Å²) in [5.74, 6) is 2.85. The molecule has 0 saturated carbocycles. The summed E-state index contributed by atoms with van der Waals surface area (Å²) in [7, 11) is 0. The van der Waals surface area contributed by atoms with Crippen molar-refractivity contribution in [2.45, 2.75) is 0 Å². The van der Waals surface area contributed by atoms with Gasteiger partial charge in [-0.15, -0.1) is 0 Å². The summed E-state index contributed by atoms with van der Waals surface area (Å²) in [4.78, 5) is 0. The summed E-state index contributed by atoms with van der Waals surface area (Å²) in [5, 5.41) is 9.35. The third-order valence-electron chi connectivity index (χ3n) is 12.5. The van der Waals surface area contributed by atoms with Crippen molar-refractivity contribution in [2.24, 2.45) is 0 Å². The predicted molar refractivity (Wildman–Crippen MR) is 251 cm³/mol. The van der Waals surface area contributed by atoms with Gasteiger partial charge in [0.25, 0.3) is 0 Å². The smallest absolute Gasteiger partial charge is 0.143 e. The molecule has 5 nitrogen and oxygen atoms in total.